The molecule has 0 aliphatic rings. The second-order valence-corrected chi connectivity index (χ2v) is 4.26. The summed E-state index contributed by atoms with van der Waals surface area (Å²) < 4.78 is 5.75. The molecule has 0 aliphatic heterocycles. The quantitative estimate of drug-likeness (QED) is 0.849. The van der Waals surface area contributed by atoms with E-state index in [9.17, 15) is 0 Å². The van der Waals surface area contributed by atoms with E-state index in [4.69, 9.17) is 4.74 Å². The van der Waals surface area contributed by atoms with Crippen LogP contribution in [-0.4, -0.2) is 6.54 Å². The van der Waals surface area contributed by atoms with Gasteiger partial charge in [0.05, 0.1) is 0 Å². The van der Waals surface area contributed by atoms with Crippen molar-refractivity contribution in [3.63, 3.8) is 0 Å². The van der Waals surface area contributed by atoms with Crippen LogP contribution >= 0.6 is 0 Å². The van der Waals surface area contributed by atoms with Crippen LogP contribution in [0.2, 0.25) is 0 Å². The number of rotatable bonds is 5. The minimum absolute atomic E-state index is 0.376. The molecule has 0 amide bonds. The second-order valence-electron chi connectivity index (χ2n) is 4.26. The van der Waals surface area contributed by atoms with Crippen molar-refractivity contribution >= 4 is 0 Å². The Morgan fingerprint density at radius 1 is 0.944 bits per heavy atom. The largest absolute Gasteiger partial charge is 0.457 e. The molecule has 94 valence electrons. The van der Waals surface area contributed by atoms with Crippen molar-refractivity contribution in [2.24, 2.45) is 0 Å². The number of ether oxygens (including phenoxy) is 1. The van der Waals surface area contributed by atoms with Gasteiger partial charge < -0.3 is 10.1 Å². The highest BCUT2D eigenvalue weighted by molar-refractivity contribution is 5.33. The van der Waals surface area contributed by atoms with Gasteiger partial charge >= 0.3 is 0 Å². The predicted octanol–water partition coefficient (Wildman–Crippen LogP) is 4.15. The normalized spacial score (nSPS) is 12.1. The number of hydrogen-bond acceptors (Lipinski definition) is 2. The molecule has 0 fully saturated rings. The second kappa shape index (κ2) is 6.22. The lowest BCUT2D eigenvalue weighted by molar-refractivity contribution is 0.482. The van der Waals surface area contributed by atoms with Gasteiger partial charge in [-0.2, -0.15) is 0 Å². The van der Waals surface area contributed by atoms with Gasteiger partial charge in [-0.15, -0.1) is 0 Å². The van der Waals surface area contributed by atoms with E-state index < -0.39 is 0 Å². The SMILES string of the molecule is CCNC(C)c1ccc(Oc2ccccc2)cc1. The summed E-state index contributed by atoms with van der Waals surface area (Å²) in [6.45, 7) is 5.25. The molecule has 0 radical (unpaired) electrons. The molecule has 18 heavy (non-hydrogen) atoms. The average molecular weight is 241 g/mol. The van der Waals surface area contributed by atoms with Crippen LogP contribution in [0, 0.1) is 0 Å². The highest BCUT2D eigenvalue weighted by Crippen LogP contribution is 2.22. The third-order valence-electron chi connectivity index (χ3n) is 2.87. The zero-order chi connectivity index (χ0) is 12.8. The molecule has 0 bridgehead atoms. The first-order valence-corrected chi connectivity index (χ1v) is 6.36. The van der Waals surface area contributed by atoms with Gasteiger partial charge in [-0.25, -0.2) is 0 Å². The zero-order valence-electron chi connectivity index (χ0n) is 10.9. The monoisotopic (exact) mass is 241 g/mol. The summed E-state index contributed by atoms with van der Waals surface area (Å²) >= 11 is 0. The molecule has 1 N–H and O–H groups in total. The Labute approximate surface area is 109 Å². The molecule has 2 aromatic rings. The Morgan fingerprint density at radius 2 is 1.56 bits per heavy atom. The molecule has 0 saturated carbocycles. The fourth-order valence-electron chi connectivity index (χ4n) is 1.87. The van der Waals surface area contributed by atoms with Crippen LogP contribution < -0.4 is 10.1 Å². The molecule has 2 nitrogen and oxygen atoms in total. The summed E-state index contributed by atoms with van der Waals surface area (Å²) in [6.07, 6.45) is 0. The predicted molar refractivity (Wildman–Crippen MR) is 75.0 cm³/mol. The Morgan fingerprint density at radius 3 is 2.17 bits per heavy atom. The lowest BCUT2D eigenvalue weighted by Crippen LogP contribution is -2.17. The van der Waals surface area contributed by atoms with Crippen molar-refractivity contribution < 1.29 is 4.74 Å². The van der Waals surface area contributed by atoms with Gasteiger partial charge in [-0.05, 0) is 43.3 Å². The van der Waals surface area contributed by atoms with Crippen LogP contribution in [0.3, 0.4) is 0 Å². The molecule has 0 aliphatic carbocycles. The van der Waals surface area contributed by atoms with Gasteiger partial charge in [0.1, 0.15) is 11.5 Å². The minimum Gasteiger partial charge on any atom is -0.457 e. The molecule has 0 saturated heterocycles. The summed E-state index contributed by atoms with van der Waals surface area (Å²) in [4.78, 5) is 0. The molecule has 0 aromatic heterocycles. The zero-order valence-corrected chi connectivity index (χ0v) is 10.9. The molecule has 0 spiro atoms. The van der Waals surface area contributed by atoms with Gasteiger partial charge in [-0.3, -0.25) is 0 Å². The maximum absolute atomic E-state index is 5.75. The summed E-state index contributed by atoms with van der Waals surface area (Å²) in [5.74, 6) is 1.73. The third kappa shape index (κ3) is 3.34. The van der Waals surface area contributed by atoms with Crippen molar-refractivity contribution in [3.8, 4) is 11.5 Å². The first kappa shape index (κ1) is 12.7. The molecule has 1 unspecified atom stereocenters. The fraction of sp³-hybridized carbons (Fsp3) is 0.250. The first-order chi connectivity index (χ1) is 8.79. The summed E-state index contributed by atoms with van der Waals surface area (Å²) in [5, 5.41) is 3.39. The van der Waals surface area contributed by atoms with Gasteiger partial charge in [0.15, 0.2) is 0 Å². The molecule has 2 rings (SSSR count). The Balaban J connectivity index is 2.04. The van der Waals surface area contributed by atoms with Crippen LogP contribution in [0.1, 0.15) is 25.5 Å². The fourth-order valence-corrected chi connectivity index (χ4v) is 1.87. The van der Waals surface area contributed by atoms with Crippen LogP contribution in [0.25, 0.3) is 0 Å². The minimum atomic E-state index is 0.376. The van der Waals surface area contributed by atoms with Gasteiger partial charge in [0.25, 0.3) is 0 Å². The average Bonchev–Trinajstić information content (AvgIpc) is 2.41. The van der Waals surface area contributed by atoms with Crippen LogP contribution in [-0.2, 0) is 0 Å². The van der Waals surface area contributed by atoms with Crippen molar-refractivity contribution in [3.05, 3.63) is 60.2 Å². The van der Waals surface area contributed by atoms with E-state index in [0.29, 0.717) is 6.04 Å². The highest BCUT2D eigenvalue weighted by atomic mass is 16.5. The summed E-state index contributed by atoms with van der Waals surface area (Å²) in [5.41, 5.74) is 1.28. The van der Waals surface area contributed by atoms with E-state index in [-0.39, 0.29) is 0 Å². The van der Waals surface area contributed by atoms with Crippen molar-refractivity contribution in [1.29, 1.82) is 0 Å². The summed E-state index contributed by atoms with van der Waals surface area (Å²) in [6, 6.07) is 18.4. The molecule has 2 heteroatoms. The topological polar surface area (TPSA) is 21.3 Å². The molecular formula is C16H19NO. The lowest BCUT2D eigenvalue weighted by atomic mass is 10.1. The Hall–Kier alpha value is -1.80. The van der Waals surface area contributed by atoms with E-state index in [0.717, 1.165) is 18.0 Å². The van der Waals surface area contributed by atoms with Gasteiger partial charge in [0.2, 0.25) is 0 Å². The van der Waals surface area contributed by atoms with E-state index in [1.165, 1.54) is 5.56 Å². The Bertz CT molecular complexity index is 464. The first-order valence-electron chi connectivity index (χ1n) is 6.36. The smallest absolute Gasteiger partial charge is 0.127 e. The standard InChI is InChI=1S/C16H19NO/c1-3-17-13(2)14-9-11-16(12-10-14)18-15-7-5-4-6-8-15/h4-13,17H,3H2,1-2H3. The van der Waals surface area contributed by atoms with Crippen molar-refractivity contribution in [2.45, 2.75) is 19.9 Å². The van der Waals surface area contributed by atoms with E-state index in [1.807, 2.05) is 42.5 Å². The van der Waals surface area contributed by atoms with Crippen molar-refractivity contribution in [1.82, 2.24) is 5.32 Å². The van der Waals surface area contributed by atoms with Crippen LogP contribution in [0.15, 0.2) is 54.6 Å². The maximum Gasteiger partial charge on any atom is 0.127 e. The van der Waals surface area contributed by atoms with Crippen LogP contribution in [0.4, 0.5) is 0 Å². The summed E-state index contributed by atoms with van der Waals surface area (Å²) in [7, 11) is 0. The highest BCUT2D eigenvalue weighted by Gasteiger charge is 2.03. The van der Waals surface area contributed by atoms with E-state index in [2.05, 4.69) is 31.3 Å². The molecule has 0 heterocycles. The number of nitrogens with one attached hydrogen (secondary N) is 1. The number of benzene rings is 2. The van der Waals surface area contributed by atoms with Crippen LogP contribution in [0.5, 0.6) is 11.5 Å². The molecule has 2 aromatic carbocycles. The Kier molecular flexibility index (Phi) is 4.37. The lowest BCUT2D eigenvalue weighted by Gasteiger charge is -2.13. The molecular weight excluding hydrogens is 222 g/mol. The number of hydrogen-bond donors (Lipinski definition) is 1. The van der Waals surface area contributed by atoms with Crippen molar-refractivity contribution in [2.75, 3.05) is 6.54 Å². The van der Waals surface area contributed by atoms with Gasteiger partial charge in [0, 0.05) is 6.04 Å². The third-order valence-corrected chi connectivity index (χ3v) is 2.87. The van der Waals surface area contributed by atoms with E-state index >= 15 is 0 Å². The van der Waals surface area contributed by atoms with E-state index in [1.54, 1.807) is 0 Å². The maximum atomic E-state index is 5.75. The molecule has 1 atom stereocenters. The number of para-hydroxylation sites is 1. The van der Waals surface area contributed by atoms with Gasteiger partial charge in [-0.1, -0.05) is 37.3 Å².